The number of pyridine rings is 1. The standard InChI is InChI=1S/C25H31F2N5O3S.C4H8N2.C2H6/c1-25(2,34)9-5-6-15-10-16(17-11-19(21(26)27)32(3)13-20(17)35-4)18(12-28-15)22(33)29-24-31-30-23(36-24)14-7-8-14;1-6-4-2-3-5;1-2/h10-14,19,21,23-24,30-31,34H,7-9H2,1-4H3,(H,29,33);2-4H,5H2,1H3;1-2H3/b;3-2-,6-4?;. The number of aliphatic hydroxyl groups is 1. The molecule has 44 heavy (non-hydrogen) atoms. The van der Waals surface area contributed by atoms with Gasteiger partial charge in [0.15, 0.2) is 0 Å². The number of nitrogens with one attached hydrogen (secondary N) is 3. The van der Waals surface area contributed by atoms with Gasteiger partial charge in [0.1, 0.15) is 23.0 Å². The molecule has 0 spiro atoms. The molecule has 4 rings (SSSR count). The van der Waals surface area contributed by atoms with E-state index in [0.717, 1.165) is 12.8 Å². The van der Waals surface area contributed by atoms with Gasteiger partial charge in [-0.3, -0.25) is 9.79 Å². The van der Waals surface area contributed by atoms with Gasteiger partial charge in [0.05, 0.1) is 23.6 Å². The molecule has 1 aromatic rings. The van der Waals surface area contributed by atoms with Gasteiger partial charge < -0.3 is 25.8 Å². The lowest BCUT2D eigenvalue weighted by molar-refractivity contribution is 0.0780. The number of halogens is 2. The number of rotatable bonds is 8. The van der Waals surface area contributed by atoms with Crippen LogP contribution in [-0.4, -0.2) is 77.3 Å². The van der Waals surface area contributed by atoms with Crippen LogP contribution in [0.1, 0.15) is 68.6 Å². The second kappa shape index (κ2) is 17.8. The van der Waals surface area contributed by atoms with Crippen LogP contribution in [0.3, 0.4) is 0 Å². The van der Waals surface area contributed by atoms with Gasteiger partial charge in [-0.2, -0.15) is 0 Å². The second-order valence-corrected chi connectivity index (χ2v) is 11.8. The summed E-state index contributed by atoms with van der Waals surface area (Å²) in [7, 11) is 4.69. The van der Waals surface area contributed by atoms with E-state index in [-0.39, 0.29) is 22.9 Å². The normalized spacial score (nSPS) is 21.4. The maximum atomic E-state index is 13.8. The Balaban J connectivity index is 0.000000755. The van der Waals surface area contributed by atoms with Crippen LogP contribution in [0.4, 0.5) is 8.78 Å². The van der Waals surface area contributed by atoms with E-state index in [1.54, 1.807) is 58.1 Å². The van der Waals surface area contributed by atoms with Gasteiger partial charge in [-0.05, 0) is 62.9 Å². The largest absolute Gasteiger partial charge is 0.495 e. The van der Waals surface area contributed by atoms with Gasteiger partial charge in [-0.15, -0.1) is 0 Å². The molecule has 1 saturated carbocycles. The van der Waals surface area contributed by atoms with Crippen molar-refractivity contribution in [3.05, 3.63) is 59.4 Å². The van der Waals surface area contributed by atoms with E-state index >= 15 is 0 Å². The molecule has 0 radical (unpaired) electrons. The van der Waals surface area contributed by atoms with Crippen molar-refractivity contribution in [3.63, 3.8) is 0 Å². The number of hydrogen-bond acceptors (Lipinski definition) is 10. The number of aromatic nitrogens is 1. The molecular formula is C31H45F2N7O3S. The second-order valence-electron chi connectivity index (χ2n) is 10.5. The van der Waals surface area contributed by atoms with Gasteiger partial charge >= 0.3 is 0 Å². The summed E-state index contributed by atoms with van der Waals surface area (Å²) in [5.74, 6) is 6.31. The van der Waals surface area contributed by atoms with Crippen LogP contribution in [0.2, 0.25) is 0 Å². The molecule has 3 unspecified atom stereocenters. The number of hydrazine groups is 1. The molecule has 3 atom stereocenters. The number of likely N-dealkylation sites (N-methyl/N-ethyl adjacent to an activating group) is 1. The van der Waals surface area contributed by atoms with E-state index in [1.807, 2.05) is 13.8 Å². The van der Waals surface area contributed by atoms with Crippen molar-refractivity contribution in [1.29, 1.82) is 0 Å². The number of carbonyl (C=O) groups is 1. The highest BCUT2D eigenvalue weighted by Gasteiger charge is 2.38. The Bertz CT molecular complexity index is 1270. The van der Waals surface area contributed by atoms with Crippen molar-refractivity contribution in [2.75, 3.05) is 21.2 Å². The number of allylic oxidation sites excluding steroid dienone is 2. The Labute approximate surface area is 263 Å². The summed E-state index contributed by atoms with van der Waals surface area (Å²) >= 11 is 1.59. The average molecular weight is 634 g/mol. The third-order valence-corrected chi connectivity index (χ3v) is 7.65. The topological polar surface area (TPSA) is 137 Å². The quantitative estimate of drug-likeness (QED) is 0.214. The zero-order valence-electron chi connectivity index (χ0n) is 26.4. The minimum atomic E-state index is -2.64. The van der Waals surface area contributed by atoms with E-state index in [9.17, 15) is 18.7 Å². The molecule has 1 aromatic heterocycles. The highest BCUT2D eigenvalue weighted by atomic mass is 32.2. The molecule has 242 valence electrons. The smallest absolute Gasteiger partial charge is 0.262 e. The maximum Gasteiger partial charge on any atom is 0.262 e. The van der Waals surface area contributed by atoms with Crippen molar-refractivity contribution in [1.82, 2.24) is 26.1 Å². The monoisotopic (exact) mass is 633 g/mol. The third kappa shape index (κ3) is 11.2. The van der Waals surface area contributed by atoms with E-state index in [1.165, 1.54) is 36.7 Å². The first-order valence-electron chi connectivity index (χ1n) is 14.4. The molecule has 13 heteroatoms. The van der Waals surface area contributed by atoms with Crippen LogP contribution < -0.4 is 21.9 Å². The number of nitrogens with zero attached hydrogens (tertiary/aromatic N) is 3. The lowest BCUT2D eigenvalue weighted by Gasteiger charge is -2.30. The molecular weight excluding hydrogens is 588 g/mol. The summed E-state index contributed by atoms with van der Waals surface area (Å²) in [6.45, 7) is 7.30. The van der Waals surface area contributed by atoms with E-state index in [2.05, 4.69) is 38.0 Å². The SMILES string of the molecule is CC.CN=C/C=C\N.COC1=CN(C)C(C(F)F)C=C1c1cc(C#CCC(C)(C)O)ncc1C(=O)NC1NNC(C2CC2)S1. The number of amides is 1. The zero-order chi connectivity index (χ0) is 32.9. The molecule has 10 nitrogen and oxygen atoms in total. The van der Waals surface area contributed by atoms with E-state index < -0.39 is 24.0 Å². The first-order chi connectivity index (χ1) is 21.0. The van der Waals surface area contributed by atoms with Crippen molar-refractivity contribution in [3.8, 4) is 11.8 Å². The molecule has 2 aliphatic heterocycles. The van der Waals surface area contributed by atoms with Crippen LogP contribution in [0, 0.1) is 17.8 Å². The molecule has 2 fully saturated rings. The number of alkyl halides is 2. The molecule has 0 bridgehead atoms. The van der Waals surface area contributed by atoms with Crippen molar-refractivity contribution in [2.24, 2.45) is 16.6 Å². The average Bonchev–Trinajstić information content (AvgIpc) is 3.74. The maximum absolute atomic E-state index is 13.8. The van der Waals surface area contributed by atoms with Crippen molar-refractivity contribution in [2.45, 2.75) is 75.9 Å². The Morgan fingerprint density at radius 2 is 2.09 bits per heavy atom. The predicted octanol–water partition coefficient (Wildman–Crippen LogP) is 3.82. The van der Waals surface area contributed by atoms with Gasteiger partial charge in [0.25, 0.3) is 12.3 Å². The van der Waals surface area contributed by atoms with Gasteiger partial charge in [0, 0.05) is 50.3 Å². The number of thioether (sulfide) groups is 1. The van der Waals surface area contributed by atoms with Crippen LogP contribution >= 0.6 is 11.8 Å². The summed E-state index contributed by atoms with van der Waals surface area (Å²) in [4.78, 5) is 22.7. The molecule has 1 amide bonds. The van der Waals surface area contributed by atoms with Crippen LogP contribution in [0.15, 0.2) is 47.6 Å². The molecule has 0 aromatic carbocycles. The molecule has 3 aliphatic rings. The summed E-state index contributed by atoms with van der Waals surface area (Å²) in [5, 5.41) is 13.1. The number of aliphatic imine (C=N–C) groups is 1. The lowest BCUT2D eigenvalue weighted by Crippen LogP contribution is -2.44. The highest BCUT2D eigenvalue weighted by molar-refractivity contribution is 8.00. The molecule has 3 heterocycles. The number of hydrogen-bond donors (Lipinski definition) is 5. The summed E-state index contributed by atoms with van der Waals surface area (Å²) < 4.78 is 33.0. The third-order valence-electron chi connectivity index (χ3n) is 6.35. The lowest BCUT2D eigenvalue weighted by atomic mass is 9.94. The van der Waals surface area contributed by atoms with Crippen LogP contribution in [0.5, 0.6) is 0 Å². The first kappa shape index (κ1) is 36.8. The van der Waals surface area contributed by atoms with Gasteiger partial charge in [-0.1, -0.05) is 31.5 Å². The Morgan fingerprint density at radius 1 is 1.39 bits per heavy atom. The van der Waals surface area contributed by atoms with Crippen molar-refractivity contribution >= 4 is 29.5 Å². The van der Waals surface area contributed by atoms with Crippen LogP contribution in [-0.2, 0) is 4.74 Å². The number of ether oxygens (including phenoxy) is 1. The number of methoxy groups -OCH3 is 1. The molecule has 1 aliphatic carbocycles. The fraction of sp³-hybridized carbons (Fsp3) is 0.516. The fourth-order valence-corrected chi connectivity index (χ4v) is 5.26. The van der Waals surface area contributed by atoms with Crippen LogP contribution in [0.25, 0.3) is 5.57 Å². The number of nitrogens with two attached hydrogens (primary N) is 1. The van der Waals surface area contributed by atoms with Crippen molar-refractivity contribution < 1.29 is 23.4 Å². The zero-order valence-corrected chi connectivity index (χ0v) is 27.2. The summed E-state index contributed by atoms with van der Waals surface area (Å²) in [5.41, 5.74) is 11.2. The number of carbonyl (C=O) groups excluding carboxylic acids is 1. The molecule has 6 N–H and O–H groups in total. The first-order valence-corrected chi connectivity index (χ1v) is 15.4. The van der Waals surface area contributed by atoms with Gasteiger partial charge in [0.2, 0.25) is 0 Å². The minimum Gasteiger partial charge on any atom is -0.495 e. The summed E-state index contributed by atoms with van der Waals surface area (Å²) in [6.07, 6.45) is 8.92. The Kier molecular flexibility index (Phi) is 14.8. The van der Waals surface area contributed by atoms with E-state index in [0.29, 0.717) is 28.5 Å². The highest BCUT2D eigenvalue weighted by Crippen LogP contribution is 2.40. The van der Waals surface area contributed by atoms with Gasteiger partial charge in [-0.25, -0.2) is 24.6 Å². The van der Waals surface area contributed by atoms with E-state index in [4.69, 9.17) is 10.5 Å². The Morgan fingerprint density at radius 3 is 2.64 bits per heavy atom. The fourth-order valence-electron chi connectivity index (χ4n) is 4.03. The minimum absolute atomic E-state index is 0.215. The Hall–Kier alpha value is -3.44. The molecule has 1 saturated heterocycles. The predicted molar refractivity (Wildman–Crippen MR) is 173 cm³/mol. The summed E-state index contributed by atoms with van der Waals surface area (Å²) in [6, 6.07) is 0.405.